The zero-order valence-corrected chi connectivity index (χ0v) is 18.2. The van der Waals surface area contributed by atoms with Crippen LogP contribution in [0, 0.1) is 17.5 Å². The molecule has 1 atom stereocenters. The molecule has 0 bridgehead atoms. The molecular weight excluding hydrogens is 437 g/mol. The lowest BCUT2D eigenvalue weighted by molar-refractivity contribution is 0.157. The zero-order valence-electron chi connectivity index (χ0n) is 17.5. The highest BCUT2D eigenvalue weighted by Crippen LogP contribution is 2.32. The van der Waals surface area contributed by atoms with Crippen LogP contribution in [-0.4, -0.2) is 37.6 Å². The van der Waals surface area contributed by atoms with Crippen molar-refractivity contribution in [2.45, 2.75) is 12.5 Å². The lowest BCUT2D eigenvalue weighted by Gasteiger charge is -2.36. The maximum atomic E-state index is 14.5. The summed E-state index contributed by atoms with van der Waals surface area (Å²) in [6.07, 6.45) is -0.0140. The van der Waals surface area contributed by atoms with Gasteiger partial charge in [0.2, 0.25) is 0 Å². The lowest BCUT2D eigenvalue weighted by Crippen LogP contribution is -2.46. The number of hydrogen-bond acceptors (Lipinski definition) is 3. The number of halogens is 4. The monoisotopic (exact) mass is 460 g/mol. The van der Waals surface area contributed by atoms with Gasteiger partial charge in [-0.25, -0.2) is 13.2 Å². The number of anilines is 1. The molecule has 0 amide bonds. The number of piperazine rings is 1. The molecule has 1 fully saturated rings. The van der Waals surface area contributed by atoms with Crippen LogP contribution >= 0.6 is 11.6 Å². The average Bonchev–Trinajstić information content (AvgIpc) is 2.79. The van der Waals surface area contributed by atoms with Crippen molar-refractivity contribution in [1.82, 2.24) is 4.90 Å². The van der Waals surface area contributed by atoms with Crippen molar-refractivity contribution in [3.8, 4) is 5.75 Å². The molecule has 4 rings (SSSR count). The van der Waals surface area contributed by atoms with E-state index in [2.05, 4.69) is 9.80 Å². The van der Waals surface area contributed by atoms with Gasteiger partial charge in [0, 0.05) is 50.4 Å². The average molecular weight is 461 g/mol. The van der Waals surface area contributed by atoms with Gasteiger partial charge in [-0.05, 0) is 48.5 Å². The number of nitrogens with zero attached hydrogens (tertiary/aromatic N) is 2. The summed E-state index contributed by atoms with van der Waals surface area (Å²) >= 11 is 6.14. The molecule has 0 N–H and O–H groups in total. The van der Waals surface area contributed by atoms with E-state index in [-0.39, 0.29) is 16.7 Å². The quantitative estimate of drug-likeness (QED) is 0.424. The van der Waals surface area contributed by atoms with Gasteiger partial charge in [0.15, 0.2) is 0 Å². The molecule has 3 aromatic carbocycles. The highest BCUT2D eigenvalue weighted by Gasteiger charge is 2.22. The predicted molar refractivity (Wildman–Crippen MR) is 121 cm³/mol. The summed E-state index contributed by atoms with van der Waals surface area (Å²) in [6.45, 7) is 4.01. The Labute approximate surface area is 191 Å². The van der Waals surface area contributed by atoms with Gasteiger partial charge in [0.25, 0.3) is 0 Å². The smallest absolute Gasteiger partial charge is 0.139 e. The molecule has 1 aliphatic rings. The topological polar surface area (TPSA) is 15.7 Å². The van der Waals surface area contributed by atoms with Gasteiger partial charge < -0.3 is 9.64 Å². The first kappa shape index (κ1) is 22.5. The van der Waals surface area contributed by atoms with E-state index < -0.39 is 11.9 Å². The Morgan fingerprint density at radius 2 is 1.53 bits per heavy atom. The normalized spacial score (nSPS) is 15.6. The molecule has 0 aromatic heterocycles. The Morgan fingerprint density at radius 3 is 2.22 bits per heavy atom. The highest BCUT2D eigenvalue weighted by molar-refractivity contribution is 6.32. The largest absolute Gasteiger partial charge is 0.484 e. The Hall–Kier alpha value is -2.70. The zero-order chi connectivity index (χ0) is 22.5. The molecule has 1 heterocycles. The van der Waals surface area contributed by atoms with Crippen LogP contribution < -0.4 is 9.64 Å². The van der Waals surface area contributed by atoms with Crippen molar-refractivity contribution in [3.05, 3.63) is 94.8 Å². The molecule has 32 heavy (non-hydrogen) atoms. The molecule has 0 aliphatic carbocycles. The van der Waals surface area contributed by atoms with Crippen LogP contribution in [0.15, 0.2) is 66.7 Å². The van der Waals surface area contributed by atoms with Gasteiger partial charge in [0.05, 0.1) is 5.02 Å². The lowest BCUT2D eigenvalue weighted by atomic mass is 10.0. The van der Waals surface area contributed by atoms with Gasteiger partial charge in [-0.15, -0.1) is 0 Å². The van der Waals surface area contributed by atoms with Crippen LogP contribution in [0.2, 0.25) is 5.02 Å². The van der Waals surface area contributed by atoms with E-state index >= 15 is 0 Å². The highest BCUT2D eigenvalue weighted by atomic mass is 35.5. The summed E-state index contributed by atoms with van der Waals surface area (Å²) in [6, 6.07) is 16.9. The van der Waals surface area contributed by atoms with Crippen LogP contribution in [-0.2, 0) is 0 Å². The van der Waals surface area contributed by atoms with E-state index in [1.165, 1.54) is 36.4 Å². The molecule has 3 nitrogen and oxygen atoms in total. The summed E-state index contributed by atoms with van der Waals surface area (Å²) in [5.74, 6) is -0.726. The Bertz CT molecular complexity index is 1040. The van der Waals surface area contributed by atoms with Crippen LogP contribution in [0.5, 0.6) is 5.75 Å². The van der Waals surface area contributed by atoms with Crippen molar-refractivity contribution in [3.63, 3.8) is 0 Å². The van der Waals surface area contributed by atoms with Crippen LogP contribution in [0.4, 0.5) is 18.9 Å². The molecule has 1 aliphatic heterocycles. The summed E-state index contributed by atoms with van der Waals surface area (Å²) in [7, 11) is 0. The molecule has 7 heteroatoms. The maximum Gasteiger partial charge on any atom is 0.139 e. The minimum Gasteiger partial charge on any atom is -0.484 e. The summed E-state index contributed by atoms with van der Waals surface area (Å²) in [5, 5.41) is 0.152. The molecule has 0 spiro atoms. The third kappa shape index (κ3) is 5.56. The van der Waals surface area contributed by atoms with Crippen molar-refractivity contribution < 1.29 is 17.9 Å². The van der Waals surface area contributed by atoms with Crippen molar-refractivity contribution in [2.75, 3.05) is 37.6 Å². The summed E-state index contributed by atoms with van der Waals surface area (Å²) in [4.78, 5) is 4.52. The molecule has 0 saturated carbocycles. The van der Waals surface area contributed by atoms with Gasteiger partial charge >= 0.3 is 0 Å². The number of ether oxygens (including phenoxy) is 1. The van der Waals surface area contributed by atoms with Crippen molar-refractivity contribution in [2.24, 2.45) is 0 Å². The first-order valence-electron chi connectivity index (χ1n) is 10.6. The molecule has 1 unspecified atom stereocenters. The van der Waals surface area contributed by atoms with Crippen LogP contribution in [0.3, 0.4) is 0 Å². The minimum atomic E-state index is -0.561. The Kier molecular flexibility index (Phi) is 7.22. The fraction of sp³-hybridized carbons (Fsp3) is 0.280. The molecular formula is C25H24ClF3N2O. The predicted octanol–water partition coefficient (Wildman–Crippen LogP) is 6.09. The SMILES string of the molecule is Fc1ccc(N2CCN(CCC(Oc3ccc(F)cc3Cl)c3ccccc3F)CC2)cc1. The third-order valence-corrected chi connectivity index (χ3v) is 5.98. The first-order valence-corrected chi connectivity index (χ1v) is 11.0. The van der Waals surface area contributed by atoms with E-state index in [4.69, 9.17) is 16.3 Å². The van der Waals surface area contributed by atoms with E-state index in [0.29, 0.717) is 24.3 Å². The van der Waals surface area contributed by atoms with Gasteiger partial charge in [-0.3, -0.25) is 4.90 Å². The second-order valence-corrected chi connectivity index (χ2v) is 8.20. The number of hydrogen-bond donors (Lipinski definition) is 0. The standard InChI is InChI=1S/C25H24ClF3N2O/c26-22-17-19(28)7-10-25(22)32-24(21-3-1-2-4-23(21)29)11-12-30-13-15-31(16-14-30)20-8-5-18(27)6-9-20/h1-10,17,24H,11-16H2. The van der Waals surface area contributed by atoms with E-state index in [9.17, 15) is 13.2 Å². The summed E-state index contributed by atoms with van der Waals surface area (Å²) in [5.41, 5.74) is 1.45. The number of benzene rings is 3. The van der Waals surface area contributed by atoms with Crippen molar-refractivity contribution >= 4 is 17.3 Å². The van der Waals surface area contributed by atoms with Crippen molar-refractivity contribution in [1.29, 1.82) is 0 Å². The second kappa shape index (κ2) is 10.3. The fourth-order valence-electron chi connectivity index (χ4n) is 3.92. The third-order valence-electron chi connectivity index (χ3n) is 5.69. The second-order valence-electron chi connectivity index (χ2n) is 7.80. The van der Waals surface area contributed by atoms with Gasteiger partial charge in [-0.2, -0.15) is 0 Å². The molecule has 168 valence electrons. The van der Waals surface area contributed by atoms with E-state index in [1.807, 2.05) is 0 Å². The van der Waals surface area contributed by atoms with E-state index in [1.54, 1.807) is 30.3 Å². The molecule has 3 aromatic rings. The first-order chi connectivity index (χ1) is 15.5. The van der Waals surface area contributed by atoms with E-state index in [0.717, 1.165) is 31.9 Å². The Morgan fingerprint density at radius 1 is 0.844 bits per heavy atom. The Balaban J connectivity index is 1.40. The maximum absolute atomic E-state index is 14.5. The van der Waals surface area contributed by atoms with Crippen LogP contribution in [0.1, 0.15) is 18.1 Å². The number of rotatable bonds is 7. The summed E-state index contributed by atoms with van der Waals surface area (Å²) < 4.78 is 47.1. The molecule has 0 radical (unpaired) electrons. The molecule has 1 saturated heterocycles. The fourth-order valence-corrected chi connectivity index (χ4v) is 4.13. The van der Waals surface area contributed by atoms with Crippen LogP contribution in [0.25, 0.3) is 0 Å². The van der Waals surface area contributed by atoms with Gasteiger partial charge in [-0.1, -0.05) is 29.8 Å². The minimum absolute atomic E-state index is 0.152. The van der Waals surface area contributed by atoms with Gasteiger partial charge in [0.1, 0.15) is 29.3 Å².